The smallest absolute Gasteiger partial charge is 0.137 e. The van der Waals surface area contributed by atoms with E-state index < -0.39 is 12.2 Å². The van der Waals surface area contributed by atoms with E-state index in [1.165, 1.54) is 6.08 Å². The zero-order chi connectivity index (χ0) is 17.4. The number of nitriles is 1. The van der Waals surface area contributed by atoms with Gasteiger partial charge in [-0.25, -0.2) is 0 Å². The maximum Gasteiger partial charge on any atom is 0.137 e. The molecule has 3 aromatic rings. The summed E-state index contributed by atoms with van der Waals surface area (Å²) in [5, 5.41) is 30.4. The highest BCUT2D eigenvalue weighted by molar-refractivity contribution is 6.08. The number of rotatable bonds is 3. The molecule has 2 aromatic carbocycles. The van der Waals surface area contributed by atoms with Gasteiger partial charge in [0.15, 0.2) is 0 Å². The SMILES string of the molecule is N#CC=Cc1ccc2c(c1)c1ccccc1n2[C@H]1C[C@@H](O)[C@@H](CO)O1. The Morgan fingerprint density at radius 2 is 2.00 bits per heavy atom. The van der Waals surface area contributed by atoms with E-state index in [-0.39, 0.29) is 12.8 Å². The van der Waals surface area contributed by atoms with Crippen LogP contribution in [0.1, 0.15) is 18.2 Å². The van der Waals surface area contributed by atoms with Gasteiger partial charge in [0.25, 0.3) is 0 Å². The molecular formula is C20H18N2O3. The van der Waals surface area contributed by atoms with Crippen molar-refractivity contribution >= 4 is 27.9 Å². The average Bonchev–Trinajstić information content (AvgIpc) is 3.17. The number of para-hydroxylation sites is 1. The minimum absolute atomic E-state index is 0.197. The second kappa shape index (κ2) is 6.34. The van der Waals surface area contributed by atoms with Gasteiger partial charge in [-0.1, -0.05) is 24.3 Å². The van der Waals surface area contributed by atoms with Crippen molar-refractivity contribution < 1.29 is 14.9 Å². The van der Waals surface area contributed by atoms with E-state index >= 15 is 0 Å². The van der Waals surface area contributed by atoms with Crippen molar-refractivity contribution in [2.75, 3.05) is 6.61 Å². The molecule has 0 amide bonds. The number of aliphatic hydroxyl groups is 2. The van der Waals surface area contributed by atoms with Crippen LogP contribution in [0.25, 0.3) is 27.9 Å². The summed E-state index contributed by atoms with van der Waals surface area (Å²) in [5.74, 6) is 0. The molecular weight excluding hydrogens is 316 g/mol. The van der Waals surface area contributed by atoms with Crippen molar-refractivity contribution in [3.63, 3.8) is 0 Å². The van der Waals surface area contributed by atoms with Gasteiger partial charge in [0, 0.05) is 23.3 Å². The molecule has 0 aliphatic carbocycles. The molecule has 1 saturated heterocycles. The fourth-order valence-electron chi connectivity index (χ4n) is 3.61. The number of ether oxygens (including phenoxy) is 1. The molecule has 25 heavy (non-hydrogen) atoms. The fraction of sp³-hybridized carbons (Fsp3) is 0.250. The van der Waals surface area contributed by atoms with Gasteiger partial charge in [-0.05, 0) is 29.8 Å². The van der Waals surface area contributed by atoms with Gasteiger partial charge < -0.3 is 19.5 Å². The van der Waals surface area contributed by atoms with Crippen molar-refractivity contribution in [1.82, 2.24) is 4.57 Å². The van der Waals surface area contributed by atoms with Gasteiger partial charge in [0.2, 0.25) is 0 Å². The van der Waals surface area contributed by atoms with E-state index in [0.717, 1.165) is 27.4 Å². The van der Waals surface area contributed by atoms with Crippen LogP contribution >= 0.6 is 0 Å². The Balaban J connectivity index is 1.91. The molecule has 1 aromatic heterocycles. The molecule has 126 valence electrons. The standard InChI is InChI=1S/C20H18N2O3/c21-9-3-4-13-7-8-17-15(10-13)14-5-1-2-6-16(14)22(17)20-11-18(24)19(12-23)25-20/h1-8,10,18-20,23-24H,11-12H2/t18-,19-,20-/m1/s1. The molecule has 4 rings (SSSR count). The number of benzene rings is 2. The van der Waals surface area contributed by atoms with Gasteiger partial charge in [0.05, 0.1) is 29.8 Å². The van der Waals surface area contributed by atoms with Crippen LogP contribution in [0.3, 0.4) is 0 Å². The van der Waals surface area contributed by atoms with Crippen LogP contribution in [0.15, 0.2) is 48.5 Å². The van der Waals surface area contributed by atoms with Crippen LogP contribution in [0.5, 0.6) is 0 Å². The Morgan fingerprint density at radius 1 is 1.20 bits per heavy atom. The zero-order valence-corrected chi connectivity index (χ0v) is 13.5. The highest BCUT2D eigenvalue weighted by Crippen LogP contribution is 2.38. The number of aromatic nitrogens is 1. The molecule has 2 N–H and O–H groups in total. The normalized spacial score (nSPS) is 23.6. The van der Waals surface area contributed by atoms with Crippen molar-refractivity contribution in [3.8, 4) is 6.07 Å². The lowest BCUT2D eigenvalue weighted by Crippen LogP contribution is -2.24. The van der Waals surface area contributed by atoms with E-state index in [9.17, 15) is 10.2 Å². The van der Waals surface area contributed by atoms with Gasteiger partial charge in [-0.2, -0.15) is 5.26 Å². The Morgan fingerprint density at radius 3 is 2.76 bits per heavy atom. The van der Waals surface area contributed by atoms with Crippen LogP contribution in [-0.4, -0.2) is 33.6 Å². The van der Waals surface area contributed by atoms with Gasteiger partial charge >= 0.3 is 0 Å². The van der Waals surface area contributed by atoms with Crippen molar-refractivity contribution in [2.24, 2.45) is 0 Å². The minimum Gasteiger partial charge on any atom is -0.394 e. The first-order valence-electron chi connectivity index (χ1n) is 8.26. The third-order valence-electron chi connectivity index (χ3n) is 4.76. The highest BCUT2D eigenvalue weighted by atomic mass is 16.5. The molecule has 2 heterocycles. The van der Waals surface area contributed by atoms with Crippen LogP contribution in [0, 0.1) is 11.3 Å². The van der Waals surface area contributed by atoms with Crippen molar-refractivity contribution in [2.45, 2.75) is 24.9 Å². The van der Waals surface area contributed by atoms with Gasteiger partial charge in [0.1, 0.15) is 12.3 Å². The topological polar surface area (TPSA) is 78.4 Å². The molecule has 1 aliphatic rings. The molecule has 0 spiro atoms. The van der Waals surface area contributed by atoms with E-state index in [0.29, 0.717) is 6.42 Å². The zero-order valence-electron chi connectivity index (χ0n) is 13.5. The monoisotopic (exact) mass is 334 g/mol. The molecule has 0 bridgehead atoms. The summed E-state index contributed by atoms with van der Waals surface area (Å²) in [6.07, 6.45) is 2.12. The largest absolute Gasteiger partial charge is 0.394 e. The summed E-state index contributed by atoms with van der Waals surface area (Å²) >= 11 is 0. The lowest BCUT2D eigenvalue weighted by atomic mass is 10.1. The summed E-state index contributed by atoms with van der Waals surface area (Å²) in [7, 11) is 0. The Kier molecular flexibility index (Phi) is 4.02. The molecule has 1 fully saturated rings. The van der Waals surface area contributed by atoms with E-state index in [1.807, 2.05) is 36.4 Å². The summed E-state index contributed by atoms with van der Waals surface area (Å²) in [6, 6.07) is 16.1. The Hall–Kier alpha value is -2.65. The van der Waals surface area contributed by atoms with Crippen molar-refractivity contribution in [1.29, 1.82) is 5.26 Å². The van der Waals surface area contributed by atoms with E-state index in [2.05, 4.69) is 16.7 Å². The maximum atomic E-state index is 10.1. The molecule has 1 aliphatic heterocycles. The minimum atomic E-state index is -0.677. The average molecular weight is 334 g/mol. The van der Waals surface area contributed by atoms with E-state index in [1.54, 1.807) is 6.08 Å². The fourth-order valence-corrected chi connectivity index (χ4v) is 3.61. The summed E-state index contributed by atoms with van der Waals surface area (Å²) in [6.45, 7) is -0.197. The summed E-state index contributed by atoms with van der Waals surface area (Å²) < 4.78 is 7.97. The third kappa shape index (κ3) is 2.61. The Labute approximate surface area is 145 Å². The lowest BCUT2D eigenvalue weighted by molar-refractivity contribution is -0.0416. The molecule has 0 unspecified atom stereocenters. The van der Waals surface area contributed by atoms with Gasteiger partial charge in [-0.15, -0.1) is 0 Å². The lowest BCUT2D eigenvalue weighted by Gasteiger charge is -2.16. The predicted octanol–water partition coefficient (Wildman–Crippen LogP) is 2.97. The first-order chi connectivity index (χ1) is 12.2. The maximum absolute atomic E-state index is 10.1. The van der Waals surface area contributed by atoms with Crippen LogP contribution in [-0.2, 0) is 4.74 Å². The van der Waals surface area contributed by atoms with Crippen LogP contribution < -0.4 is 0 Å². The van der Waals surface area contributed by atoms with Crippen LogP contribution in [0.2, 0.25) is 0 Å². The second-order valence-corrected chi connectivity index (χ2v) is 6.24. The number of aliphatic hydroxyl groups excluding tert-OH is 2. The number of hydrogen-bond acceptors (Lipinski definition) is 4. The number of fused-ring (bicyclic) bond motifs is 3. The molecule has 3 atom stereocenters. The Bertz CT molecular complexity index is 999. The first-order valence-corrected chi connectivity index (χ1v) is 8.26. The highest BCUT2D eigenvalue weighted by Gasteiger charge is 2.35. The number of nitrogens with zero attached hydrogens (tertiary/aromatic N) is 2. The second-order valence-electron chi connectivity index (χ2n) is 6.24. The number of hydrogen-bond donors (Lipinski definition) is 2. The van der Waals surface area contributed by atoms with Crippen LogP contribution in [0.4, 0.5) is 0 Å². The molecule has 5 heteroatoms. The first kappa shape index (κ1) is 15.9. The van der Waals surface area contributed by atoms with E-state index in [4.69, 9.17) is 10.00 Å². The summed E-state index contributed by atoms with van der Waals surface area (Å²) in [5.41, 5.74) is 2.98. The molecule has 5 nitrogen and oxygen atoms in total. The van der Waals surface area contributed by atoms with Gasteiger partial charge in [-0.3, -0.25) is 0 Å². The quantitative estimate of drug-likeness (QED) is 0.722. The molecule has 0 radical (unpaired) electrons. The molecule has 0 saturated carbocycles. The third-order valence-corrected chi connectivity index (χ3v) is 4.76. The summed E-state index contributed by atoms with van der Waals surface area (Å²) in [4.78, 5) is 0. The number of allylic oxidation sites excluding steroid dienone is 1. The predicted molar refractivity (Wildman–Crippen MR) is 95.7 cm³/mol. The van der Waals surface area contributed by atoms with Crippen molar-refractivity contribution in [3.05, 3.63) is 54.1 Å².